The van der Waals surface area contributed by atoms with Gasteiger partial charge in [-0.3, -0.25) is 4.79 Å². The van der Waals surface area contributed by atoms with E-state index in [0.29, 0.717) is 18.9 Å². The van der Waals surface area contributed by atoms with Gasteiger partial charge in [-0.05, 0) is 13.8 Å². The van der Waals surface area contributed by atoms with Gasteiger partial charge in [0.25, 0.3) is 0 Å². The molecule has 3 N–H and O–H groups in total. The van der Waals surface area contributed by atoms with Crippen LogP contribution in [0.3, 0.4) is 0 Å². The Hall–Kier alpha value is -1.85. The Balaban J connectivity index is 2.07. The van der Waals surface area contributed by atoms with Gasteiger partial charge in [-0.15, -0.1) is 0 Å². The number of hydrogen-bond donors (Lipinski definition) is 3. The summed E-state index contributed by atoms with van der Waals surface area (Å²) in [5.41, 5.74) is 0.899. The quantitative estimate of drug-likeness (QED) is 0.709. The number of hydrogen-bond acceptors (Lipinski definition) is 5. The maximum Gasteiger partial charge on any atom is 0.224 e. The molecule has 1 unspecified atom stereocenters. The summed E-state index contributed by atoms with van der Waals surface area (Å²) >= 11 is 0. The Bertz CT molecular complexity index is 420. The molecule has 1 aliphatic rings. The average molecular weight is 235 g/mol. The topological polar surface area (TPSA) is 78.9 Å². The van der Waals surface area contributed by atoms with Crippen LogP contribution >= 0.6 is 0 Å². The van der Waals surface area contributed by atoms with Gasteiger partial charge >= 0.3 is 0 Å². The van der Waals surface area contributed by atoms with E-state index in [2.05, 4.69) is 25.9 Å². The van der Waals surface area contributed by atoms with E-state index in [1.54, 1.807) is 0 Å². The summed E-state index contributed by atoms with van der Waals surface area (Å²) in [5.74, 6) is 1.46. The van der Waals surface area contributed by atoms with Crippen LogP contribution in [0.4, 0.5) is 11.8 Å². The molecule has 0 aliphatic carbocycles. The van der Waals surface area contributed by atoms with Crippen LogP contribution in [0.25, 0.3) is 0 Å². The van der Waals surface area contributed by atoms with Crippen molar-refractivity contribution in [2.75, 3.05) is 23.7 Å². The highest BCUT2D eigenvalue weighted by molar-refractivity contribution is 5.79. The van der Waals surface area contributed by atoms with Crippen molar-refractivity contribution in [1.29, 1.82) is 0 Å². The second-order valence-corrected chi connectivity index (χ2v) is 4.10. The Morgan fingerprint density at radius 1 is 1.53 bits per heavy atom. The number of nitrogens with zero attached hydrogens (tertiary/aromatic N) is 2. The molecule has 0 bridgehead atoms. The van der Waals surface area contributed by atoms with Crippen molar-refractivity contribution >= 4 is 17.7 Å². The first-order valence-corrected chi connectivity index (χ1v) is 5.80. The van der Waals surface area contributed by atoms with E-state index >= 15 is 0 Å². The summed E-state index contributed by atoms with van der Waals surface area (Å²) < 4.78 is 0. The number of nitrogens with one attached hydrogen (secondary N) is 3. The van der Waals surface area contributed by atoms with E-state index in [1.807, 2.05) is 19.9 Å². The molecule has 0 spiro atoms. The lowest BCUT2D eigenvalue weighted by atomic mass is 10.2. The summed E-state index contributed by atoms with van der Waals surface area (Å²) in [5, 5.41) is 9.10. The maximum absolute atomic E-state index is 11.1. The highest BCUT2D eigenvalue weighted by atomic mass is 16.1. The van der Waals surface area contributed by atoms with Gasteiger partial charge in [0, 0.05) is 31.3 Å². The number of aryl methyl sites for hydroxylation is 1. The van der Waals surface area contributed by atoms with Crippen molar-refractivity contribution in [3.05, 3.63) is 11.8 Å². The van der Waals surface area contributed by atoms with Gasteiger partial charge < -0.3 is 16.0 Å². The molecule has 6 nitrogen and oxygen atoms in total. The minimum atomic E-state index is 0.0835. The molecular formula is C11H17N5O. The van der Waals surface area contributed by atoms with Crippen LogP contribution in [0.1, 0.15) is 19.0 Å². The zero-order valence-electron chi connectivity index (χ0n) is 10.1. The molecule has 1 amide bonds. The van der Waals surface area contributed by atoms with Crippen LogP contribution in [0.5, 0.6) is 0 Å². The largest absolute Gasteiger partial charge is 0.365 e. The lowest BCUT2D eigenvalue weighted by Gasteiger charge is -2.12. The molecule has 1 aromatic rings. The van der Waals surface area contributed by atoms with Crippen LogP contribution in [-0.2, 0) is 4.79 Å². The van der Waals surface area contributed by atoms with Gasteiger partial charge in [-0.2, -0.15) is 4.98 Å². The van der Waals surface area contributed by atoms with E-state index in [0.717, 1.165) is 18.1 Å². The van der Waals surface area contributed by atoms with E-state index in [4.69, 9.17) is 0 Å². The first kappa shape index (κ1) is 11.6. The number of carbonyl (C=O) groups excluding carboxylic acids is 1. The predicted octanol–water partition coefficient (Wildman–Crippen LogP) is 0.517. The van der Waals surface area contributed by atoms with Gasteiger partial charge in [0.05, 0.1) is 6.04 Å². The lowest BCUT2D eigenvalue weighted by Crippen LogP contribution is -2.23. The normalized spacial score (nSPS) is 18.9. The van der Waals surface area contributed by atoms with Gasteiger partial charge in [-0.25, -0.2) is 4.98 Å². The Labute approximate surface area is 100 Å². The third-order valence-corrected chi connectivity index (χ3v) is 2.52. The van der Waals surface area contributed by atoms with E-state index in [-0.39, 0.29) is 11.9 Å². The average Bonchev–Trinajstić information content (AvgIpc) is 2.63. The second-order valence-electron chi connectivity index (χ2n) is 4.10. The van der Waals surface area contributed by atoms with Crippen molar-refractivity contribution in [1.82, 2.24) is 15.3 Å². The van der Waals surface area contributed by atoms with Crippen LogP contribution < -0.4 is 16.0 Å². The van der Waals surface area contributed by atoms with Crippen LogP contribution in [-0.4, -0.2) is 35.0 Å². The molecule has 1 fully saturated rings. The molecule has 0 aromatic carbocycles. The fraction of sp³-hybridized carbons (Fsp3) is 0.545. The maximum atomic E-state index is 11.1. The van der Waals surface area contributed by atoms with Crippen LogP contribution in [0, 0.1) is 6.92 Å². The number of carbonyl (C=O) groups is 1. The molecule has 0 saturated carbocycles. The fourth-order valence-electron chi connectivity index (χ4n) is 1.80. The summed E-state index contributed by atoms with van der Waals surface area (Å²) in [7, 11) is 0. The van der Waals surface area contributed by atoms with Crippen molar-refractivity contribution in [2.24, 2.45) is 0 Å². The van der Waals surface area contributed by atoms with Crippen molar-refractivity contribution in [3.8, 4) is 0 Å². The second kappa shape index (κ2) is 4.99. The molecule has 2 heterocycles. The Morgan fingerprint density at radius 3 is 3.00 bits per heavy atom. The molecule has 1 saturated heterocycles. The first-order chi connectivity index (χ1) is 8.17. The van der Waals surface area contributed by atoms with Crippen molar-refractivity contribution in [2.45, 2.75) is 26.3 Å². The van der Waals surface area contributed by atoms with Gasteiger partial charge in [0.15, 0.2) is 0 Å². The standard InChI is InChI=1S/C11H17N5O/c1-3-12-11-14-7(2)4-9(16-11)15-8-5-10(17)13-6-8/h4,8H,3,5-6H2,1-2H3,(H,13,17)(H2,12,14,15,16). The highest BCUT2D eigenvalue weighted by Crippen LogP contribution is 2.13. The zero-order chi connectivity index (χ0) is 12.3. The number of rotatable bonds is 4. The molecule has 17 heavy (non-hydrogen) atoms. The van der Waals surface area contributed by atoms with Gasteiger partial charge in [0.1, 0.15) is 5.82 Å². The van der Waals surface area contributed by atoms with E-state index in [9.17, 15) is 4.79 Å². The van der Waals surface area contributed by atoms with Crippen LogP contribution in [0.2, 0.25) is 0 Å². The molecule has 2 rings (SSSR count). The molecular weight excluding hydrogens is 218 g/mol. The molecule has 1 aromatic heterocycles. The number of amides is 1. The molecule has 92 valence electrons. The SMILES string of the molecule is CCNc1nc(C)cc(NC2CNC(=O)C2)n1. The Kier molecular flexibility index (Phi) is 3.41. The molecule has 1 atom stereocenters. The van der Waals surface area contributed by atoms with E-state index < -0.39 is 0 Å². The summed E-state index contributed by atoms with van der Waals surface area (Å²) in [6, 6.07) is 2.00. The third-order valence-electron chi connectivity index (χ3n) is 2.52. The number of anilines is 2. The molecule has 6 heteroatoms. The van der Waals surface area contributed by atoms with Gasteiger partial charge in [-0.1, -0.05) is 0 Å². The zero-order valence-corrected chi connectivity index (χ0v) is 10.1. The summed E-state index contributed by atoms with van der Waals surface area (Å²) in [6.07, 6.45) is 0.500. The smallest absolute Gasteiger partial charge is 0.224 e. The minimum absolute atomic E-state index is 0.0835. The fourth-order valence-corrected chi connectivity index (χ4v) is 1.80. The van der Waals surface area contributed by atoms with E-state index in [1.165, 1.54) is 0 Å². The molecule has 1 aliphatic heterocycles. The monoisotopic (exact) mass is 235 g/mol. The van der Waals surface area contributed by atoms with Crippen molar-refractivity contribution < 1.29 is 4.79 Å². The van der Waals surface area contributed by atoms with Gasteiger partial charge in [0.2, 0.25) is 11.9 Å². The van der Waals surface area contributed by atoms with Crippen LogP contribution in [0.15, 0.2) is 6.07 Å². The third kappa shape index (κ3) is 3.05. The number of aromatic nitrogens is 2. The summed E-state index contributed by atoms with van der Waals surface area (Å²) in [4.78, 5) is 19.7. The van der Waals surface area contributed by atoms with Crippen molar-refractivity contribution in [3.63, 3.8) is 0 Å². The summed E-state index contributed by atoms with van der Waals surface area (Å²) in [6.45, 7) is 5.36. The Morgan fingerprint density at radius 2 is 2.35 bits per heavy atom. The first-order valence-electron chi connectivity index (χ1n) is 5.80. The highest BCUT2D eigenvalue weighted by Gasteiger charge is 2.21. The minimum Gasteiger partial charge on any atom is -0.365 e. The lowest BCUT2D eigenvalue weighted by molar-refractivity contribution is -0.119. The predicted molar refractivity (Wildman–Crippen MR) is 66.0 cm³/mol. The molecule has 0 radical (unpaired) electrons.